The summed E-state index contributed by atoms with van der Waals surface area (Å²) in [6, 6.07) is -18.3. The summed E-state index contributed by atoms with van der Waals surface area (Å²) in [6.45, 7) is 3.03. The predicted molar refractivity (Wildman–Crippen MR) is 389 cm³/mol. The number of aliphatic hydroxyl groups is 4. The number of aryl methyl sites for hydroxylation is 3. The van der Waals surface area contributed by atoms with E-state index in [-0.39, 0.29) is 60.4 Å². The second kappa shape index (κ2) is 49.9. The van der Waals surface area contributed by atoms with Crippen molar-refractivity contribution < 1.29 is 148 Å². The summed E-state index contributed by atoms with van der Waals surface area (Å²) < 4.78 is 49.1. The topological polar surface area (TPSA) is 689 Å². The van der Waals surface area contributed by atoms with Crippen LogP contribution >= 0.6 is 11.6 Å². The van der Waals surface area contributed by atoms with Crippen LogP contribution in [0.3, 0.4) is 0 Å². The summed E-state index contributed by atoms with van der Waals surface area (Å²) in [5.74, 6) is -24.4. The van der Waals surface area contributed by atoms with Crippen LogP contribution in [0.4, 0.5) is 14.4 Å². The molecule has 3 aromatic rings. The third-order valence-corrected chi connectivity index (χ3v) is 17.5. The lowest BCUT2D eigenvalue weighted by atomic mass is 10.0. The molecule has 1 aliphatic heterocycles. The minimum atomic E-state index is -3.05. The molecule has 0 radical (unpaired) electrons. The molecule has 18 N–H and O–H groups in total. The van der Waals surface area contributed by atoms with E-state index in [0.29, 0.717) is 12.8 Å². The molecule has 12 atom stereocenters. The first-order valence-electron chi connectivity index (χ1n) is 36.7. The Labute approximate surface area is 664 Å². The van der Waals surface area contributed by atoms with E-state index in [1.807, 2.05) is 10.6 Å². The maximum absolute atomic E-state index is 14.8. The molecule has 6 unspecified atom stereocenters. The molecule has 0 aromatic carbocycles. The summed E-state index contributed by atoms with van der Waals surface area (Å²) in [6.07, 6.45) is -7.83. The minimum absolute atomic E-state index is 0.00585. The normalized spacial score (nSPS) is 20.6. The van der Waals surface area contributed by atoms with Gasteiger partial charge in [-0.15, -0.1) is 11.6 Å². The first-order valence-corrected chi connectivity index (χ1v) is 37.3. The molecule has 0 spiro atoms. The Morgan fingerprint density at radius 2 is 0.957 bits per heavy atom. The fraction of sp³-hybridized carbons (Fsp3) is 0.623. The average Bonchev–Trinajstić information content (AvgIpc) is 1.41. The highest BCUT2D eigenvalue weighted by Crippen LogP contribution is 2.16. The number of cyclic esters (lactones) is 1. The molecule has 4 rings (SSSR count). The number of allylic oxidation sites excluding steroid dienone is 1. The van der Waals surface area contributed by atoms with Crippen LogP contribution in [0.15, 0.2) is 52.7 Å². The highest BCUT2D eigenvalue weighted by Gasteiger charge is 2.41. The first-order chi connectivity index (χ1) is 54.9. The van der Waals surface area contributed by atoms with Gasteiger partial charge in [-0.25, -0.2) is 38.4 Å². The van der Waals surface area contributed by atoms with Gasteiger partial charge in [-0.1, -0.05) is 70.8 Å². The molecule has 46 nitrogen and oxygen atoms in total. The van der Waals surface area contributed by atoms with E-state index >= 15 is 0 Å². The fourth-order valence-electron chi connectivity index (χ4n) is 10.8. The number of esters is 1. The second-order valence-electron chi connectivity index (χ2n) is 26.3. The zero-order valence-electron chi connectivity index (χ0n) is 64.2. The maximum atomic E-state index is 14.8. The van der Waals surface area contributed by atoms with Crippen molar-refractivity contribution in [3.63, 3.8) is 0 Å². The molecule has 0 aliphatic carbocycles. The van der Waals surface area contributed by atoms with E-state index < -0.39 is 263 Å². The van der Waals surface area contributed by atoms with E-state index in [1.165, 1.54) is 20.8 Å². The quantitative estimate of drug-likeness (QED) is 0.00919. The number of hydrogen-bond acceptors (Lipinski definition) is 32. The number of aliphatic carboxylic acids is 2. The summed E-state index contributed by atoms with van der Waals surface area (Å²) in [5.41, 5.74) is -0.802. The van der Waals surface area contributed by atoms with Gasteiger partial charge >= 0.3 is 53.7 Å². The van der Waals surface area contributed by atoms with Crippen molar-refractivity contribution in [2.75, 3.05) is 32.1 Å². The lowest BCUT2D eigenvalue weighted by Gasteiger charge is -2.29. The third-order valence-electron chi connectivity index (χ3n) is 17.2. The lowest BCUT2D eigenvalue weighted by Crippen LogP contribution is -2.63. The SMILES string of the molecule is C/C=C1/NC(=O)C([C@H](C)O)NC(=O)[C@H](CCNC(=O)OCc2oc(=O)oc2C)NC(=O)C(CCCCNC(=O)OCc2oc(=O)oc2C)NC(=O)C(CC(=O)O)NC(=O)[C@@H](CCNC(=O)OCc2oc(=O)oc2C)NC(=O)C([C@H](O)C(=O)O)NC(=O)C(NC(=O)C[C@H](O)CCCCCCCCCCC)COC(=O)C([C@H](O)CCl)NC1=O. The minimum Gasteiger partial charge on any atom is -0.481 e. The van der Waals surface area contributed by atoms with Gasteiger partial charge in [0.2, 0.25) is 47.3 Å². The van der Waals surface area contributed by atoms with Crippen LogP contribution in [0.2, 0.25) is 0 Å². The molecule has 3 aromatic heterocycles. The Balaban J connectivity index is 1.88. The summed E-state index contributed by atoms with van der Waals surface area (Å²) >= 11 is 5.96. The molecule has 47 heteroatoms. The summed E-state index contributed by atoms with van der Waals surface area (Å²) in [7, 11) is 0. The molecule has 0 saturated carbocycles. The summed E-state index contributed by atoms with van der Waals surface area (Å²) in [5, 5.41) is 90.5. The average molecular weight is 1680 g/mol. The third kappa shape index (κ3) is 34.2. The second-order valence-corrected chi connectivity index (χ2v) is 26.6. The van der Waals surface area contributed by atoms with E-state index in [1.54, 1.807) is 0 Å². The Kier molecular flexibility index (Phi) is 41.6. The van der Waals surface area contributed by atoms with Gasteiger partial charge in [0, 0.05) is 19.6 Å². The number of ether oxygens (including phenoxy) is 4. The van der Waals surface area contributed by atoms with Crippen molar-refractivity contribution in [1.82, 2.24) is 63.8 Å². The molecule has 4 heterocycles. The molecular weight excluding hydrogens is 1580 g/mol. The van der Waals surface area contributed by atoms with Crippen LogP contribution in [-0.2, 0) is 96.3 Å². The number of unbranched alkanes of at least 4 members (excludes halogenated alkanes) is 9. The number of alkyl halides is 1. The number of carbonyl (C=O) groups is 15. The largest absolute Gasteiger partial charge is 0.519 e. The highest BCUT2D eigenvalue weighted by molar-refractivity contribution is 6.18. The number of aliphatic hydroxyl groups excluding tert-OH is 4. The number of carboxylic acids is 2. The van der Waals surface area contributed by atoms with Crippen LogP contribution in [0, 0.1) is 20.8 Å². The van der Waals surface area contributed by atoms with Crippen LogP contribution in [0.1, 0.15) is 164 Å². The zero-order chi connectivity index (χ0) is 86.3. The Morgan fingerprint density at radius 3 is 1.41 bits per heavy atom. The molecule has 1 aliphatic rings. The molecule has 0 bridgehead atoms. The van der Waals surface area contributed by atoms with Gasteiger partial charge < -0.3 is 140 Å². The van der Waals surface area contributed by atoms with E-state index in [4.69, 9.17) is 57.1 Å². The number of rotatable bonds is 37. The van der Waals surface area contributed by atoms with E-state index in [2.05, 4.69) is 60.1 Å². The van der Waals surface area contributed by atoms with Gasteiger partial charge in [0.15, 0.2) is 66.5 Å². The van der Waals surface area contributed by atoms with Crippen LogP contribution < -0.4 is 81.3 Å². The maximum Gasteiger partial charge on any atom is 0.519 e. The fourth-order valence-corrected chi connectivity index (χ4v) is 10.9. The Bertz CT molecular complexity index is 4070. The molecule has 646 valence electrons. The predicted octanol–water partition coefficient (Wildman–Crippen LogP) is -2.69. The standard InChI is InChI=1S/C69H99ClN12O34/c1-7-9-10-11-12-13-14-15-16-19-37(84)26-48(86)74-43-29-107-63(100)51(44(85)28-70)81-54(90)38(8-2)75-60(96)50(33(3)83)80-57(93)41(22-25-73-66(103)110-32-47-36(6)113-69(106)116-47)77-55(91)39(20-17-18-23-71-64(101)108-30-45-34(4)111-67(104)114-45)76-58(94)42(27-49(87)88)79-56(92)40(78-61(97)52(82-59(43)95)53(89)62(98)99)21-24-72-65(102)109-31-46-35(5)112-68(105)115-46/h8,33,37,39-44,50-53,83-85,89H,7,9-32H2,1-6H3,(H,71,101)(H,72,102)(H,73,103)(H,74,86)(H,75,96)(H,76,94)(H,77,91)(H,78,97)(H,79,92)(H,80,93)(H,81,90)(H,82,95)(H,87,88)(H,98,99)/b38-8+/t33-,37+,39?,40+,41-,42?,43?,44+,50?,51?,52?,53-/m0/s1. The van der Waals surface area contributed by atoms with Crippen molar-refractivity contribution in [2.45, 2.75) is 243 Å². The van der Waals surface area contributed by atoms with Gasteiger partial charge in [-0.2, -0.15) is 0 Å². The van der Waals surface area contributed by atoms with Crippen molar-refractivity contribution in [2.24, 2.45) is 0 Å². The van der Waals surface area contributed by atoms with Gasteiger partial charge in [0.25, 0.3) is 5.91 Å². The number of carbonyl (C=O) groups excluding carboxylic acids is 13. The van der Waals surface area contributed by atoms with Gasteiger partial charge in [-0.3, -0.25) is 47.9 Å². The molecule has 116 heavy (non-hydrogen) atoms. The van der Waals surface area contributed by atoms with Gasteiger partial charge in [-0.05, 0) is 73.1 Å². The monoisotopic (exact) mass is 1670 g/mol. The first kappa shape index (κ1) is 96.7. The highest BCUT2D eigenvalue weighted by atomic mass is 35.5. The number of hydrogen-bond donors (Lipinski definition) is 18. The van der Waals surface area contributed by atoms with Gasteiger partial charge in [0.05, 0.1) is 37.0 Å². The number of nitrogens with one attached hydrogen (secondary N) is 12. The molecule has 1 fully saturated rings. The van der Waals surface area contributed by atoms with Gasteiger partial charge in [0.1, 0.15) is 54.6 Å². The smallest absolute Gasteiger partial charge is 0.481 e. The zero-order valence-corrected chi connectivity index (χ0v) is 64.9. The van der Waals surface area contributed by atoms with Crippen molar-refractivity contribution in [3.8, 4) is 0 Å². The van der Waals surface area contributed by atoms with Crippen LogP contribution in [0.5, 0.6) is 0 Å². The van der Waals surface area contributed by atoms with Crippen LogP contribution in [0.25, 0.3) is 0 Å². The van der Waals surface area contributed by atoms with Crippen molar-refractivity contribution >= 4 is 101 Å². The lowest BCUT2D eigenvalue weighted by molar-refractivity contribution is -0.154. The molecule has 1 saturated heterocycles. The number of carboxylic acid groups (broad SMARTS) is 2. The van der Waals surface area contributed by atoms with E-state index in [9.17, 15) is 117 Å². The number of halogens is 1. The number of alkyl carbamates (subject to hydrolysis) is 3. The summed E-state index contributed by atoms with van der Waals surface area (Å²) in [4.78, 5) is 243. The van der Waals surface area contributed by atoms with E-state index in [0.717, 1.165) is 64.9 Å². The van der Waals surface area contributed by atoms with Crippen LogP contribution in [-0.4, -0.2) is 225 Å². The molecular formula is C69H99ClN12O34. The Hall–Kier alpha value is -11.6. The van der Waals surface area contributed by atoms with Crippen molar-refractivity contribution in [3.05, 3.63) is 78.2 Å². The Morgan fingerprint density at radius 1 is 0.517 bits per heavy atom. The number of amides is 12. The van der Waals surface area contributed by atoms with Crippen molar-refractivity contribution in [1.29, 1.82) is 0 Å². The molecule has 12 amide bonds.